The SMILES string of the molecule is O=C(O)c1ccc(C(F)(F)F)c(Cl)c1O. The number of carboxylic acids is 1. The number of aromatic carboxylic acids is 1. The van der Waals surface area contributed by atoms with Gasteiger partial charge < -0.3 is 10.2 Å². The number of phenols is 1. The van der Waals surface area contributed by atoms with Gasteiger partial charge in [0.25, 0.3) is 0 Å². The first kappa shape index (κ1) is 11.6. The zero-order chi connectivity index (χ0) is 11.8. The Hall–Kier alpha value is -1.43. The molecule has 0 aliphatic heterocycles. The van der Waals surface area contributed by atoms with Gasteiger partial charge in [-0.3, -0.25) is 0 Å². The van der Waals surface area contributed by atoms with Crippen molar-refractivity contribution in [2.45, 2.75) is 6.18 Å². The minimum absolute atomic E-state index is 0.505. The molecule has 2 N–H and O–H groups in total. The molecule has 1 rings (SSSR count). The summed E-state index contributed by atoms with van der Waals surface area (Å²) in [4.78, 5) is 10.4. The van der Waals surface area contributed by atoms with Gasteiger partial charge in [-0.2, -0.15) is 13.2 Å². The maximum atomic E-state index is 12.2. The maximum absolute atomic E-state index is 12.2. The third-order valence-corrected chi connectivity index (χ3v) is 2.03. The second-order valence-corrected chi connectivity index (χ2v) is 3.00. The monoisotopic (exact) mass is 240 g/mol. The minimum Gasteiger partial charge on any atom is -0.505 e. The van der Waals surface area contributed by atoms with E-state index in [1.54, 1.807) is 0 Å². The molecule has 15 heavy (non-hydrogen) atoms. The average Bonchev–Trinajstić information content (AvgIpc) is 2.06. The van der Waals surface area contributed by atoms with Crippen LogP contribution in [0, 0.1) is 0 Å². The molecule has 7 heteroatoms. The molecule has 1 aromatic rings. The van der Waals surface area contributed by atoms with Crippen LogP contribution < -0.4 is 0 Å². The number of halogens is 4. The first-order valence-electron chi connectivity index (χ1n) is 3.57. The fourth-order valence-corrected chi connectivity index (χ4v) is 1.23. The van der Waals surface area contributed by atoms with E-state index in [4.69, 9.17) is 21.8 Å². The van der Waals surface area contributed by atoms with Crippen LogP contribution in [0.2, 0.25) is 5.02 Å². The molecule has 0 atom stereocenters. The lowest BCUT2D eigenvalue weighted by atomic mass is 10.1. The lowest BCUT2D eigenvalue weighted by molar-refractivity contribution is -0.137. The fraction of sp³-hybridized carbons (Fsp3) is 0.125. The summed E-state index contributed by atoms with van der Waals surface area (Å²) in [5, 5.41) is 16.6. The molecule has 0 aromatic heterocycles. The quantitative estimate of drug-likeness (QED) is 0.794. The van der Waals surface area contributed by atoms with E-state index in [1.807, 2.05) is 0 Å². The number of carboxylic acid groups (broad SMARTS) is 1. The van der Waals surface area contributed by atoms with Crippen LogP contribution in [0.5, 0.6) is 5.75 Å². The summed E-state index contributed by atoms with van der Waals surface area (Å²) < 4.78 is 36.7. The van der Waals surface area contributed by atoms with Crippen LogP contribution in [-0.2, 0) is 6.18 Å². The predicted octanol–water partition coefficient (Wildman–Crippen LogP) is 2.76. The van der Waals surface area contributed by atoms with Crippen molar-refractivity contribution >= 4 is 17.6 Å². The summed E-state index contributed by atoms with van der Waals surface area (Å²) >= 11 is 5.19. The molecule has 0 spiro atoms. The van der Waals surface area contributed by atoms with E-state index in [0.717, 1.165) is 0 Å². The molecule has 0 aliphatic carbocycles. The van der Waals surface area contributed by atoms with Crippen LogP contribution in [-0.4, -0.2) is 16.2 Å². The first-order valence-corrected chi connectivity index (χ1v) is 3.95. The van der Waals surface area contributed by atoms with Gasteiger partial charge in [-0.15, -0.1) is 0 Å². The zero-order valence-electron chi connectivity index (χ0n) is 6.97. The van der Waals surface area contributed by atoms with Gasteiger partial charge in [0, 0.05) is 0 Å². The number of aromatic hydroxyl groups is 1. The highest BCUT2D eigenvalue weighted by Crippen LogP contribution is 2.40. The van der Waals surface area contributed by atoms with Crippen molar-refractivity contribution < 1.29 is 28.2 Å². The molecular weight excluding hydrogens is 237 g/mol. The van der Waals surface area contributed by atoms with Gasteiger partial charge >= 0.3 is 12.1 Å². The largest absolute Gasteiger partial charge is 0.505 e. The van der Waals surface area contributed by atoms with Crippen molar-refractivity contribution in [1.29, 1.82) is 0 Å². The molecule has 0 bridgehead atoms. The van der Waals surface area contributed by atoms with Crippen molar-refractivity contribution in [3.63, 3.8) is 0 Å². The van der Waals surface area contributed by atoms with Gasteiger partial charge in [-0.25, -0.2) is 4.79 Å². The summed E-state index contributed by atoms with van der Waals surface area (Å²) in [6, 6.07) is 1.15. The van der Waals surface area contributed by atoms with Crippen LogP contribution in [0.4, 0.5) is 13.2 Å². The zero-order valence-corrected chi connectivity index (χ0v) is 7.73. The molecular formula is C8H4ClF3O3. The summed E-state index contributed by atoms with van der Waals surface area (Å²) in [5.41, 5.74) is -1.94. The Morgan fingerprint density at radius 3 is 2.27 bits per heavy atom. The second-order valence-electron chi connectivity index (χ2n) is 2.63. The molecule has 0 heterocycles. The molecule has 0 amide bonds. The highest BCUT2D eigenvalue weighted by atomic mass is 35.5. The molecule has 0 radical (unpaired) electrons. The molecule has 0 fully saturated rings. The second kappa shape index (κ2) is 3.62. The Morgan fingerprint density at radius 2 is 1.87 bits per heavy atom. The molecule has 1 aromatic carbocycles. The van der Waals surface area contributed by atoms with Crippen LogP contribution in [0.1, 0.15) is 15.9 Å². The highest BCUT2D eigenvalue weighted by Gasteiger charge is 2.35. The van der Waals surface area contributed by atoms with Crippen LogP contribution in [0.15, 0.2) is 12.1 Å². The Labute approximate surface area is 86.7 Å². The van der Waals surface area contributed by atoms with Crippen LogP contribution in [0.25, 0.3) is 0 Å². The molecule has 0 saturated heterocycles. The number of hydrogen-bond donors (Lipinski definition) is 2. The van der Waals surface area contributed by atoms with E-state index in [1.165, 1.54) is 0 Å². The van der Waals surface area contributed by atoms with Crippen molar-refractivity contribution in [2.24, 2.45) is 0 Å². The third kappa shape index (κ3) is 2.15. The number of benzene rings is 1. The van der Waals surface area contributed by atoms with Crippen LogP contribution >= 0.6 is 11.6 Å². The molecule has 0 aliphatic rings. The van der Waals surface area contributed by atoms with E-state index in [0.29, 0.717) is 12.1 Å². The van der Waals surface area contributed by atoms with Crippen molar-refractivity contribution in [3.8, 4) is 5.75 Å². The molecule has 3 nitrogen and oxygen atoms in total. The van der Waals surface area contributed by atoms with E-state index in [2.05, 4.69) is 0 Å². The number of hydrogen-bond acceptors (Lipinski definition) is 2. The van der Waals surface area contributed by atoms with Gasteiger partial charge in [0.05, 0.1) is 10.6 Å². The summed E-state index contributed by atoms with van der Waals surface area (Å²) in [6.45, 7) is 0. The number of rotatable bonds is 1. The highest BCUT2D eigenvalue weighted by molar-refractivity contribution is 6.33. The van der Waals surface area contributed by atoms with E-state index in [-0.39, 0.29) is 0 Å². The normalized spacial score (nSPS) is 11.5. The number of alkyl halides is 3. The molecule has 0 saturated carbocycles. The lowest BCUT2D eigenvalue weighted by Crippen LogP contribution is -2.07. The Morgan fingerprint density at radius 1 is 1.33 bits per heavy atom. The van der Waals surface area contributed by atoms with E-state index >= 15 is 0 Å². The molecule has 82 valence electrons. The van der Waals surface area contributed by atoms with E-state index < -0.39 is 34.0 Å². The first-order chi connectivity index (χ1) is 6.75. The maximum Gasteiger partial charge on any atom is 0.417 e. The van der Waals surface area contributed by atoms with Crippen molar-refractivity contribution in [3.05, 3.63) is 28.3 Å². The Kier molecular flexibility index (Phi) is 2.81. The number of carbonyl (C=O) groups is 1. The van der Waals surface area contributed by atoms with Gasteiger partial charge in [0.1, 0.15) is 11.3 Å². The van der Waals surface area contributed by atoms with Gasteiger partial charge in [0.15, 0.2) is 0 Å². The van der Waals surface area contributed by atoms with Gasteiger partial charge in [-0.05, 0) is 12.1 Å². The Balaban J connectivity index is 3.41. The van der Waals surface area contributed by atoms with Gasteiger partial charge in [0.2, 0.25) is 0 Å². The van der Waals surface area contributed by atoms with Gasteiger partial charge in [-0.1, -0.05) is 11.6 Å². The summed E-state index contributed by atoms with van der Waals surface area (Å²) in [7, 11) is 0. The Bertz CT molecular complexity index is 414. The standard InChI is InChI=1S/C8H4ClF3O3/c9-5-4(8(10,11)12)2-1-3(6(5)13)7(14)15/h1-2,13H,(H,14,15). The summed E-state index contributed by atoms with van der Waals surface area (Å²) in [6.07, 6.45) is -4.73. The lowest BCUT2D eigenvalue weighted by Gasteiger charge is -2.10. The van der Waals surface area contributed by atoms with Crippen LogP contribution in [0.3, 0.4) is 0 Å². The topological polar surface area (TPSA) is 57.5 Å². The third-order valence-electron chi connectivity index (χ3n) is 1.65. The molecule has 0 unspecified atom stereocenters. The fourth-order valence-electron chi connectivity index (χ4n) is 0.956. The minimum atomic E-state index is -4.73. The summed E-state index contributed by atoms with van der Waals surface area (Å²) in [5.74, 6) is -2.64. The van der Waals surface area contributed by atoms with E-state index in [9.17, 15) is 18.0 Å². The predicted molar refractivity (Wildman–Crippen MR) is 45.1 cm³/mol. The van der Waals surface area contributed by atoms with Crippen molar-refractivity contribution in [1.82, 2.24) is 0 Å². The van der Waals surface area contributed by atoms with Crippen molar-refractivity contribution in [2.75, 3.05) is 0 Å². The average molecular weight is 241 g/mol. The smallest absolute Gasteiger partial charge is 0.417 e.